The third kappa shape index (κ3) is 3.50. The lowest BCUT2D eigenvalue weighted by Crippen LogP contribution is -2.16. The maximum atomic E-state index is 4.42. The molecule has 0 heterocycles. The van der Waals surface area contributed by atoms with Crippen LogP contribution >= 0.6 is 0 Å². The molecule has 2 aliphatic rings. The third-order valence-electron chi connectivity index (χ3n) is 4.74. The molecule has 2 rings (SSSR count). The Hall–Kier alpha value is 0. The van der Waals surface area contributed by atoms with Crippen LogP contribution in [-0.2, 0) is 0 Å². The Kier molecular flexibility index (Phi) is 4.53. The van der Waals surface area contributed by atoms with E-state index in [4.69, 9.17) is 0 Å². The molecule has 2 fully saturated rings. The summed E-state index contributed by atoms with van der Waals surface area (Å²) in [5.41, 5.74) is 0. The number of rotatable bonds is 4. The van der Waals surface area contributed by atoms with Crippen molar-refractivity contribution >= 4 is 0 Å². The minimum atomic E-state index is 0.769. The normalized spacial score (nSPS) is 27.0. The first-order valence-electron chi connectivity index (χ1n) is 7.19. The molecule has 15 heavy (non-hydrogen) atoms. The minimum absolute atomic E-state index is 0.769. The second kappa shape index (κ2) is 5.92. The van der Waals surface area contributed by atoms with E-state index in [1.165, 1.54) is 70.6 Å². The van der Waals surface area contributed by atoms with Crippen molar-refractivity contribution in [1.29, 1.82) is 0 Å². The molecule has 1 radical (unpaired) electrons. The van der Waals surface area contributed by atoms with Crippen molar-refractivity contribution in [1.82, 2.24) is 0 Å². The van der Waals surface area contributed by atoms with Gasteiger partial charge in [0.15, 0.2) is 0 Å². The Bertz CT molecular complexity index is 161. The van der Waals surface area contributed by atoms with Crippen LogP contribution in [0.1, 0.15) is 70.6 Å². The van der Waals surface area contributed by atoms with E-state index in [1.54, 1.807) is 0 Å². The molecule has 1 unspecified atom stereocenters. The molecule has 0 aromatic heterocycles. The van der Waals surface area contributed by atoms with E-state index in [0.29, 0.717) is 0 Å². The van der Waals surface area contributed by atoms with Crippen molar-refractivity contribution < 1.29 is 0 Å². The Morgan fingerprint density at radius 1 is 0.867 bits per heavy atom. The molecule has 0 N–H and O–H groups in total. The summed E-state index contributed by atoms with van der Waals surface area (Å²) < 4.78 is 0. The molecule has 0 aromatic carbocycles. The Morgan fingerprint density at radius 2 is 1.47 bits per heavy atom. The predicted octanol–water partition coefficient (Wildman–Crippen LogP) is 4.99. The average Bonchev–Trinajstić information content (AvgIpc) is 2.80. The van der Waals surface area contributed by atoms with Gasteiger partial charge >= 0.3 is 0 Å². The largest absolute Gasteiger partial charge is 0.0533 e. The summed E-state index contributed by atoms with van der Waals surface area (Å²) in [5.74, 6) is 2.81. The second-order valence-corrected chi connectivity index (χ2v) is 5.89. The van der Waals surface area contributed by atoms with E-state index >= 15 is 0 Å². The Balaban J connectivity index is 1.64. The van der Waals surface area contributed by atoms with Gasteiger partial charge in [0, 0.05) is 0 Å². The monoisotopic (exact) mass is 207 g/mol. The van der Waals surface area contributed by atoms with Crippen molar-refractivity contribution in [2.75, 3.05) is 0 Å². The van der Waals surface area contributed by atoms with E-state index in [2.05, 4.69) is 6.92 Å². The molecule has 0 heteroatoms. The molecular formula is C15H27. The molecule has 87 valence electrons. The van der Waals surface area contributed by atoms with Gasteiger partial charge in [-0.2, -0.15) is 0 Å². The van der Waals surface area contributed by atoms with Crippen LogP contribution < -0.4 is 0 Å². The van der Waals surface area contributed by atoms with E-state index in [1.807, 2.05) is 0 Å². The fourth-order valence-electron chi connectivity index (χ4n) is 3.59. The fraction of sp³-hybridized carbons (Fsp3) is 0.933. The lowest BCUT2D eigenvalue weighted by Gasteiger charge is -2.28. The standard InChI is InChI=1S/C15H27/c1-13(15-9-3-2-4-10-15)11-12-14-7-5-6-8-14/h13-15H,1-12H2. The van der Waals surface area contributed by atoms with Crippen molar-refractivity contribution in [3.63, 3.8) is 0 Å². The second-order valence-electron chi connectivity index (χ2n) is 5.89. The highest BCUT2D eigenvalue weighted by atomic mass is 14.3. The quantitative estimate of drug-likeness (QED) is 0.609. The van der Waals surface area contributed by atoms with Gasteiger partial charge in [-0.3, -0.25) is 0 Å². The van der Waals surface area contributed by atoms with Gasteiger partial charge in [0.1, 0.15) is 0 Å². The summed E-state index contributed by atoms with van der Waals surface area (Å²) in [5, 5.41) is 0. The summed E-state index contributed by atoms with van der Waals surface area (Å²) in [6, 6.07) is 0. The minimum Gasteiger partial charge on any atom is -0.0533 e. The first kappa shape index (κ1) is 11.5. The topological polar surface area (TPSA) is 0 Å². The molecule has 0 aliphatic heterocycles. The molecular weight excluding hydrogens is 180 g/mol. The molecule has 0 bridgehead atoms. The number of hydrogen-bond donors (Lipinski definition) is 0. The van der Waals surface area contributed by atoms with Crippen LogP contribution in [0.15, 0.2) is 0 Å². The summed E-state index contributed by atoms with van der Waals surface area (Å²) in [4.78, 5) is 0. The molecule has 0 amide bonds. The Labute approximate surface area is 95.8 Å². The van der Waals surface area contributed by atoms with Gasteiger partial charge in [0.05, 0.1) is 0 Å². The zero-order valence-electron chi connectivity index (χ0n) is 10.2. The van der Waals surface area contributed by atoms with Crippen LogP contribution in [0.4, 0.5) is 0 Å². The average molecular weight is 207 g/mol. The molecule has 2 aliphatic carbocycles. The summed E-state index contributed by atoms with van der Waals surface area (Å²) in [7, 11) is 0. The van der Waals surface area contributed by atoms with Crippen molar-refractivity contribution in [2.24, 2.45) is 17.8 Å². The third-order valence-corrected chi connectivity index (χ3v) is 4.74. The van der Waals surface area contributed by atoms with Crippen molar-refractivity contribution in [3.05, 3.63) is 6.92 Å². The van der Waals surface area contributed by atoms with Gasteiger partial charge in [-0.1, -0.05) is 64.2 Å². The highest BCUT2D eigenvalue weighted by Crippen LogP contribution is 2.35. The van der Waals surface area contributed by atoms with Crippen LogP contribution in [0.3, 0.4) is 0 Å². The van der Waals surface area contributed by atoms with E-state index in [0.717, 1.165) is 17.8 Å². The van der Waals surface area contributed by atoms with Crippen molar-refractivity contribution in [2.45, 2.75) is 70.6 Å². The van der Waals surface area contributed by atoms with Gasteiger partial charge in [-0.15, -0.1) is 0 Å². The molecule has 0 nitrogen and oxygen atoms in total. The van der Waals surface area contributed by atoms with Gasteiger partial charge < -0.3 is 0 Å². The smallest absolute Gasteiger partial charge is 0.0386 e. The number of hydrogen-bond acceptors (Lipinski definition) is 0. The zero-order chi connectivity index (χ0) is 10.5. The molecule has 2 saturated carbocycles. The highest BCUT2D eigenvalue weighted by Gasteiger charge is 2.22. The van der Waals surface area contributed by atoms with Gasteiger partial charge in [-0.25, -0.2) is 0 Å². The fourth-order valence-corrected chi connectivity index (χ4v) is 3.59. The molecule has 1 atom stereocenters. The van der Waals surface area contributed by atoms with Crippen LogP contribution in [0.2, 0.25) is 0 Å². The molecule has 0 saturated heterocycles. The first-order chi connectivity index (χ1) is 7.36. The molecule has 0 spiro atoms. The lowest BCUT2D eigenvalue weighted by molar-refractivity contribution is 0.259. The SMILES string of the molecule is [CH2]C(CCC1CCCC1)C1CCCCC1. The molecule has 0 aromatic rings. The summed E-state index contributed by atoms with van der Waals surface area (Å²) in [6.07, 6.45) is 16.3. The van der Waals surface area contributed by atoms with E-state index in [9.17, 15) is 0 Å². The summed E-state index contributed by atoms with van der Waals surface area (Å²) >= 11 is 0. The van der Waals surface area contributed by atoms with Gasteiger partial charge in [0.2, 0.25) is 0 Å². The van der Waals surface area contributed by atoms with Crippen LogP contribution in [0.5, 0.6) is 0 Å². The summed E-state index contributed by atoms with van der Waals surface area (Å²) in [6.45, 7) is 4.42. The first-order valence-corrected chi connectivity index (χ1v) is 7.19. The maximum Gasteiger partial charge on any atom is -0.0386 e. The van der Waals surface area contributed by atoms with E-state index < -0.39 is 0 Å². The predicted molar refractivity (Wildman–Crippen MR) is 66.6 cm³/mol. The Morgan fingerprint density at radius 3 is 2.13 bits per heavy atom. The highest BCUT2D eigenvalue weighted by molar-refractivity contribution is 4.77. The lowest BCUT2D eigenvalue weighted by atomic mass is 9.78. The van der Waals surface area contributed by atoms with Gasteiger partial charge in [-0.05, 0) is 31.1 Å². The van der Waals surface area contributed by atoms with Crippen LogP contribution in [0, 0.1) is 24.7 Å². The van der Waals surface area contributed by atoms with Crippen LogP contribution in [0.25, 0.3) is 0 Å². The maximum absolute atomic E-state index is 4.42. The van der Waals surface area contributed by atoms with Crippen molar-refractivity contribution in [3.8, 4) is 0 Å². The van der Waals surface area contributed by atoms with Gasteiger partial charge in [0.25, 0.3) is 0 Å². The zero-order valence-corrected chi connectivity index (χ0v) is 10.2. The van der Waals surface area contributed by atoms with E-state index in [-0.39, 0.29) is 0 Å². The van der Waals surface area contributed by atoms with Crippen LogP contribution in [-0.4, -0.2) is 0 Å².